The van der Waals surface area contributed by atoms with E-state index in [1.54, 1.807) is 6.92 Å². The minimum Gasteiger partial charge on any atom is -0.481 e. The summed E-state index contributed by atoms with van der Waals surface area (Å²) in [6, 6.07) is 0. The normalized spacial score (nSPS) is 6.10. The molecular formula is C4H12N2Na2O2. The molecule has 0 heterocycles. The van der Waals surface area contributed by atoms with Crippen molar-refractivity contribution in [1.82, 2.24) is 0 Å². The molecule has 0 atom stereocenters. The maximum Gasteiger partial charge on any atom is 0.300 e. The van der Waals surface area contributed by atoms with E-state index in [2.05, 4.69) is 0 Å². The fraction of sp³-hybridized carbons (Fsp3) is 0.750. The summed E-state index contributed by atoms with van der Waals surface area (Å²) in [5.74, 6) is -0.833. The van der Waals surface area contributed by atoms with Crippen molar-refractivity contribution in [3.05, 3.63) is 0 Å². The molecular weight excluding hydrogens is 154 g/mol. The quantitative estimate of drug-likeness (QED) is 0.304. The number of nitrogens with two attached hydrogens (primary N) is 2. The van der Waals surface area contributed by atoms with Gasteiger partial charge in [0.15, 0.2) is 0 Å². The topological polar surface area (TPSA) is 89.3 Å². The summed E-state index contributed by atoms with van der Waals surface area (Å²) < 4.78 is 0. The van der Waals surface area contributed by atoms with E-state index < -0.39 is 5.97 Å². The van der Waals surface area contributed by atoms with Crippen LogP contribution >= 0.6 is 0 Å². The number of hydrogen-bond donors (Lipinski definition) is 3. The van der Waals surface area contributed by atoms with E-state index in [-0.39, 0.29) is 65.3 Å². The Hall–Kier alpha value is 1.39. The first kappa shape index (κ1) is 22.5. The van der Waals surface area contributed by atoms with Gasteiger partial charge < -0.3 is 16.6 Å². The van der Waals surface area contributed by atoms with Crippen molar-refractivity contribution in [2.75, 3.05) is 0 Å². The van der Waals surface area contributed by atoms with Crippen molar-refractivity contribution in [1.29, 1.82) is 0 Å². The van der Waals surface area contributed by atoms with E-state index in [0.717, 1.165) is 6.92 Å². The maximum atomic E-state index is 9.00. The van der Waals surface area contributed by atoms with E-state index >= 15 is 0 Å². The second kappa shape index (κ2) is 16.8. The molecule has 0 bridgehead atoms. The van der Waals surface area contributed by atoms with Crippen LogP contribution in [0, 0.1) is 0 Å². The van der Waals surface area contributed by atoms with Crippen LogP contribution in [0.1, 0.15) is 13.8 Å². The third kappa shape index (κ3) is 342. The Balaban J connectivity index is -0.0000000300. The number of carboxylic acid groups (broad SMARTS) is 1. The van der Waals surface area contributed by atoms with E-state index in [4.69, 9.17) is 21.4 Å². The van der Waals surface area contributed by atoms with Gasteiger partial charge in [-0.05, 0) is 6.92 Å². The molecule has 4 nitrogen and oxygen atoms in total. The van der Waals surface area contributed by atoms with Gasteiger partial charge in [0.05, 0.1) is 0 Å². The number of carboxylic acids is 1. The number of aliphatic carboxylic acids is 1. The van der Waals surface area contributed by atoms with Gasteiger partial charge in [0.1, 0.15) is 0 Å². The van der Waals surface area contributed by atoms with Crippen LogP contribution in [0.15, 0.2) is 0 Å². The van der Waals surface area contributed by atoms with Crippen LogP contribution in [0.2, 0.25) is 0 Å². The number of carbonyl (C=O) groups is 1. The molecule has 0 unspecified atom stereocenters. The Morgan fingerprint density at radius 3 is 1.40 bits per heavy atom. The largest absolute Gasteiger partial charge is 0.481 e. The fourth-order valence-corrected chi connectivity index (χ4v) is 0. The summed E-state index contributed by atoms with van der Waals surface area (Å²) in [7, 11) is 0. The summed E-state index contributed by atoms with van der Waals surface area (Å²) in [6.45, 7) is 2.81. The predicted octanol–water partition coefficient (Wildman–Crippen LogP) is -1.42. The average Bonchev–Trinajstić information content (AvgIpc) is 1.25. The predicted molar refractivity (Wildman–Crippen MR) is 42.7 cm³/mol. The SMILES string of the molecule is CC(=O)O.CC(N)N.[Na].[Na]. The average molecular weight is 166 g/mol. The maximum absolute atomic E-state index is 9.00. The molecule has 0 aromatic carbocycles. The summed E-state index contributed by atoms with van der Waals surface area (Å²) in [6.07, 6.45) is -0.167. The number of rotatable bonds is 0. The third-order valence-corrected chi connectivity index (χ3v) is 0. The first-order valence-electron chi connectivity index (χ1n) is 2.17. The molecule has 0 rings (SSSR count). The smallest absolute Gasteiger partial charge is 0.300 e. The van der Waals surface area contributed by atoms with Gasteiger partial charge in [0.2, 0.25) is 0 Å². The van der Waals surface area contributed by atoms with Crippen molar-refractivity contribution in [3.63, 3.8) is 0 Å². The van der Waals surface area contributed by atoms with Crippen molar-refractivity contribution >= 4 is 65.1 Å². The van der Waals surface area contributed by atoms with Crippen molar-refractivity contribution < 1.29 is 9.90 Å². The van der Waals surface area contributed by atoms with Crippen LogP contribution in [0.3, 0.4) is 0 Å². The number of hydrogen-bond acceptors (Lipinski definition) is 3. The minimum atomic E-state index is -0.833. The van der Waals surface area contributed by atoms with Gasteiger partial charge in [0.25, 0.3) is 5.97 Å². The molecule has 0 aliphatic rings. The summed E-state index contributed by atoms with van der Waals surface area (Å²) in [4.78, 5) is 9.00. The second-order valence-corrected chi connectivity index (χ2v) is 1.38. The summed E-state index contributed by atoms with van der Waals surface area (Å²) >= 11 is 0. The van der Waals surface area contributed by atoms with Crippen LogP contribution in [-0.4, -0.2) is 76.4 Å². The first-order valence-corrected chi connectivity index (χ1v) is 2.17. The van der Waals surface area contributed by atoms with Gasteiger partial charge >= 0.3 is 0 Å². The zero-order chi connectivity index (χ0) is 7.15. The summed E-state index contributed by atoms with van der Waals surface area (Å²) in [5.41, 5.74) is 9.78. The van der Waals surface area contributed by atoms with Crippen LogP contribution in [0.4, 0.5) is 0 Å². The summed E-state index contributed by atoms with van der Waals surface area (Å²) in [5, 5.41) is 7.42. The van der Waals surface area contributed by atoms with Gasteiger partial charge in [-0.2, -0.15) is 0 Å². The molecule has 0 spiro atoms. The van der Waals surface area contributed by atoms with E-state index in [1.165, 1.54) is 0 Å². The Labute approximate surface area is 105 Å². The van der Waals surface area contributed by atoms with E-state index in [0.29, 0.717) is 0 Å². The molecule has 0 fully saturated rings. The molecule has 52 valence electrons. The standard InChI is InChI=1S/C2H8N2.C2H4O2.2Na/c2*1-2(3)4;;/h2H,3-4H2,1H3;1H3,(H,3,4);;. The Kier molecular flexibility index (Phi) is 37.8. The fourth-order valence-electron chi connectivity index (χ4n) is 0. The van der Waals surface area contributed by atoms with Gasteiger partial charge in [0, 0.05) is 72.2 Å². The van der Waals surface area contributed by atoms with Crippen LogP contribution in [0.5, 0.6) is 0 Å². The van der Waals surface area contributed by atoms with E-state index in [1.807, 2.05) is 0 Å². The minimum absolute atomic E-state index is 0. The van der Waals surface area contributed by atoms with Crippen LogP contribution < -0.4 is 11.5 Å². The second-order valence-electron chi connectivity index (χ2n) is 1.38. The molecule has 0 aliphatic carbocycles. The molecule has 10 heavy (non-hydrogen) atoms. The Morgan fingerprint density at radius 2 is 1.40 bits per heavy atom. The van der Waals surface area contributed by atoms with Crippen LogP contribution in [-0.2, 0) is 4.79 Å². The Bertz CT molecular complexity index is 63.5. The molecule has 5 N–H and O–H groups in total. The molecule has 0 saturated heterocycles. The van der Waals surface area contributed by atoms with Gasteiger partial charge in [-0.3, -0.25) is 4.79 Å². The first-order chi connectivity index (χ1) is 3.46. The zero-order valence-corrected chi connectivity index (χ0v) is 11.1. The van der Waals surface area contributed by atoms with Crippen molar-refractivity contribution in [3.8, 4) is 0 Å². The molecule has 2 radical (unpaired) electrons. The molecule has 6 heteroatoms. The molecule has 0 aromatic heterocycles. The Morgan fingerprint density at radius 1 is 1.40 bits per heavy atom. The molecule has 0 aromatic rings. The monoisotopic (exact) mass is 166 g/mol. The third-order valence-electron chi connectivity index (χ3n) is 0. The molecule has 0 amide bonds. The van der Waals surface area contributed by atoms with Gasteiger partial charge in [-0.25, -0.2) is 0 Å². The molecule has 0 aliphatic heterocycles. The van der Waals surface area contributed by atoms with Gasteiger partial charge in [-0.1, -0.05) is 0 Å². The van der Waals surface area contributed by atoms with Crippen LogP contribution in [0.25, 0.3) is 0 Å². The van der Waals surface area contributed by atoms with Gasteiger partial charge in [-0.15, -0.1) is 0 Å². The van der Waals surface area contributed by atoms with E-state index in [9.17, 15) is 0 Å². The van der Waals surface area contributed by atoms with Crippen molar-refractivity contribution in [2.45, 2.75) is 20.0 Å². The zero-order valence-electron chi connectivity index (χ0n) is 7.09. The van der Waals surface area contributed by atoms with Crippen molar-refractivity contribution in [2.24, 2.45) is 11.5 Å². The molecule has 0 saturated carbocycles.